The van der Waals surface area contributed by atoms with E-state index in [1.165, 1.54) is 12.1 Å². The molecule has 0 aliphatic carbocycles. The largest absolute Gasteiger partial charge is 0.441 e. The molecule has 6 heteroatoms. The number of halogens is 2. The quantitative estimate of drug-likeness (QED) is 0.697. The number of anilines is 1. The van der Waals surface area contributed by atoms with E-state index in [4.69, 9.17) is 16.0 Å². The van der Waals surface area contributed by atoms with Crippen LogP contribution < -0.4 is 5.32 Å². The summed E-state index contributed by atoms with van der Waals surface area (Å²) in [7, 11) is 0. The van der Waals surface area contributed by atoms with Crippen molar-refractivity contribution in [1.29, 1.82) is 0 Å². The van der Waals surface area contributed by atoms with Crippen LogP contribution in [0.1, 0.15) is 17.9 Å². The van der Waals surface area contributed by atoms with Gasteiger partial charge in [-0.1, -0.05) is 17.7 Å². The van der Waals surface area contributed by atoms with Crippen LogP contribution in [0.2, 0.25) is 5.02 Å². The molecule has 0 spiro atoms. The Hall–Kier alpha value is -2.66. The number of hydrogen-bond donors (Lipinski definition) is 1. The molecular formula is C19H16ClFN2O2. The minimum atomic E-state index is -0.309. The molecule has 1 heterocycles. The SMILES string of the molecule is Cc1c(Cl)cccc1NC(=O)CCc1ncc(-c2ccc(F)cc2)o1. The maximum Gasteiger partial charge on any atom is 0.224 e. The lowest BCUT2D eigenvalue weighted by Crippen LogP contribution is -2.13. The number of carbonyl (C=O) groups excluding carboxylic acids is 1. The fraction of sp³-hybridized carbons (Fsp3) is 0.158. The Morgan fingerprint density at radius 2 is 2.00 bits per heavy atom. The summed E-state index contributed by atoms with van der Waals surface area (Å²) >= 11 is 6.04. The zero-order chi connectivity index (χ0) is 17.8. The average Bonchev–Trinajstić information content (AvgIpc) is 3.07. The number of hydrogen-bond acceptors (Lipinski definition) is 3. The van der Waals surface area contributed by atoms with Gasteiger partial charge in [-0.15, -0.1) is 0 Å². The van der Waals surface area contributed by atoms with E-state index >= 15 is 0 Å². The van der Waals surface area contributed by atoms with Gasteiger partial charge >= 0.3 is 0 Å². The van der Waals surface area contributed by atoms with E-state index in [0.717, 1.165) is 11.1 Å². The van der Waals surface area contributed by atoms with Crippen LogP contribution in [0.3, 0.4) is 0 Å². The van der Waals surface area contributed by atoms with Gasteiger partial charge in [0.2, 0.25) is 5.91 Å². The first-order chi connectivity index (χ1) is 12.0. The van der Waals surface area contributed by atoms with Crippen molar-refractivity contribution in [2.45, 2.75) is 19.8 Å². The van der Waals surface area contributed by atoms with Crippen molar-refractivity contribution in [3.8, 4) is 11.3 Å². The molecule has 0 saturated carbocycles. The molecule has 25 heavy (non-hydrogen) atoms. The Morgan fingerprint density at radius 1 is 1.24 bits per heavy atom. The van der Waals surface area contributed by atoms with Gasteiger partial charge < -0.3 is 9.73 Å². The molecule has 0 aliphatic rings. The lowest BCUT2D eigenvalue weighted by atomic mass is 10.2. The predicted molar refractivity (Wildman–Crippen MR) is 95.0 cm³/mol. The summed E-state index contributed by atoms with van der Waals surface area (Å²) in [6.45, 7) is 1.85. The molecule has 1 amide bonds. The van der Waals surface area contributed by atoms with E-state index in [9.17, 15) is 9.18 Å². The third-order valence-corrected chi connectivity index (χ3v) is 4.20. The van der Waals surface area contributed by atoms with E-state index in [1.54, 1.807) is 36.5 Å². The van der Waals surface area contributed by atoms with Crippen LogP contribution in [-0.2, 0) is 11.2 Å². The zero-order valence-electron chi connectivity index (χ0n) is 13.6. The minimum absolute atomic E-state index is 0.146. The molecule has 0 saturated heterocycles. The van der Waals surface area contributed by atoms with Gasteiger partial charge in [0.05, 0.1) is 6.20 Å². The molecule has 1 N–H and O–H groups in total. The van der Waals surface area contributed by atoms with E-state index < -0.39 is 0 Å². The molecule has 0 fully saturated rings. The second kappa shape index (κ2) is 7.49. The van der Waals surface area contributed by atoms with Crippen LogP contribution in [0.25, 0.3) is 11.3 Å². The van der Waals surface area contributed by atoms with Crippen LogP contribution in [0.5, 0.6) is 0 Å². The highest BCUT2D eigenvalue weighted by atomic mass is 35.5. The van der Waals surface area contributed by atoms with Gasteiger partial charge in [-0.2, -0.15) is 0 Å². The number of aryl methyl sites for hydroxylation is 1. The standard InChI is InChI=1S/C19H16ClFN2O2/c1-12-15(20)3-2-4-16(12)23-18(24)9-10-19-22-11-17(25-19)13-5-7-14(21)8-6-13/h2-8,11H,9-10H2,1H3,(H,23,24). The summed E-state index contributed by atoms with van der Waals surface area (Å²) in [6, 6.07) is 11.3. The molecule has 0 aliphatic heterocycles. The van der Waals surface area contributed by atoms with E-state index in [-0.39, 0.29) is 18.1 Å². The van der Waals surface area contributed by atoms with E-state index in [2.05, 4.69) is 10.3 Å². The van der Waals surface area contributed by atoms with Crippen molar-refractivity contribution in [1.82, 2.24) is 4.98 Å². The predicted octanol–water partition coefficient (Wildman–Crippen LogP) is 5.01. The molecule has 1 aromatic heterocycles. The van der Waals surface area contributed by atoms with Gasteiger partial charge in [-0.25, -0.2) is 9.37 Å². The van der Waals surface area contributed by atoms with Crippen molar-refractivity contribution in [3.63, 3.8) is 0 Å². The minimum Gasteiger partial charge on any atom is -0.441 e. The molecule has 3 rings (SSSR count). The lowest BCUT2D eigenvalue weighted by molar-refractivity contribution is -0.116. The number of nitrogens with one attached hydrogen (secondary N) is 1. The number of rotatable bonds is 5. The van der Waals surface area contributed by atoms with Crippen LogP contribution in [0.15, 0.2) is 53.1 Å². The summed E-state index contributed by atoms with van der Waals surface area (Å²) < 4.78 is 18.6. The summed E-state index contributed by atoms with van der Waals surface area (Å²) in [4.78, 5) is 16.3. The summed E-state index contributed by atoms with van der Waals surface area (Å²) in [6.07, 6.45) is 2.17. The molecule has 0 unspecified atom stereocenters. The van der Waals surface area contributed by atoms with Crippen molar-refractivity contribution in [3.05, 3.63) is 71.0 Å². The molecule has 0 bridgehead atoms. The second-order valence-corrected chi connectivity index (χ2v) is 5.99. The number of oxazole rings is 1. The highest BCUT2D eigenvalue weighted by Crippen LogP contribution is 2.24. The van der Waals surface area contributed by atoms with E-state index in [0.29, 0.717) is 28.8 Å². The third kappa shape index (κ3) is 4.25. The van der Waals surface area contributed by atoms with Gasteiger partial charge in [-0.3, -0.25) is 4.79 Å². The molecule has 2 aromatic carbocycles. The monoisotopic (exact) mass is 358 g/mol. The van der Waals surface area contributed by atoms with Crippen molar-refractivity contribution in [2.24, 2.45) is 0 Å². The van der Waals surface area contributed by atoms with Gasteiger partial charge in [0, 0.05) is 29.1 Å². The molecule has 0 radical (unpaired) electrons. The summed E-state index contributed by atoms with van der Waals surface area (Å²) in [5, 5.41) is 3.44. The first kappa shape index (κ1) is 17.2. The summed E-state index contributed by atoms with van der Waals surface area (Å²) in [5.74, 6) is 0.543. The van der Waals surface area contributed by atoms with Gasteiger partial charge in [0.15, 0.2) is 11.7 Å². The molecular weight excluding hydrogens is 343 g/mol. The maximum absolute atomic E-state index is 13.0. The first-order valence-electron chi connectivity index (χ1n) is 7.78. The lowest BCUT2D eigenvalue weighted by Gasteiger charge is -2.08. The van der Waals surface area contributed by atoms with Crippen molar-refractivity contribution in [2.75, 3.05) is 5.32 Å². The van der Waals surface area contributed by atoms with Crippen LogP contribution in [0, 0.1) is 12.7 Å². The highest BCUT2D eigenvalue weighted by molar-refractivity contribution is 6.31. The van der Waals surface area contributed by atoms with Crippen LogP contribution in [0.4, 0.5) is 10.1 Å². The smallest absolute Gasteiger partial charge is 0.224 e. The number of benzene rings is 2. The molecule has 128 valence electrons. The van der Waals surface area contributed by atoms with Gasteiger partial charge in [0.1, 0.15) is 5.82 Å². The third-order valence-electron chi connectivity index (χ3n) is 3.79. The summed E-state index contributed by atoms with van der Waals surface area (Å²) in [5.41, 5.74) is 2.25. The Bertz CT molecular complexity index is 891. The second-order valence-electron chi connectivity index (χ2n) is 5.59. The Labute approximate surface area is 149 Å². The van der Waals surface area contributed by atoms with Crippen LogP contribution >= 0.6 is 11.6 Å². The molecule has 0 atom stereocenters. The zero-order valence-corrected chi connectivity index (χ0v) is 14.3. The fourth-order valence-electron chi connectivity index (χ4n) is 2.35. The van der Waals surface area contributed by atoms with Gasteiger partial charge in [0.25, 0.3) is 0 Å². The average molecular weight is 359 g/mol. The number of amides is 1. The van der Waals surface area contributed by atoms with Crippen molar-refractivity contribution < 1.29 is 13.6 Å². The first-order valence-corrected chi connectivity index (χ1v) is 8.16. The van der Waals surface area contributed by atoms with Crippen LogP contribution in [-0.4, -0.2) is 10.9 Å². The van der Waals surface area contributed by atoms with E-state index in [1.807, 2.05) is 6.92 Å². The normalized spacial score (nSPS) is 10.7. The number of nitrogens with zero attached hydrogens (tertiary/aromatic N) is 1. The topological polar surface area (TPSA) is 55.1 Å². The molecule has 4 nitrogen and oxygen atoms in total. The Balaban J connectivity index is 1.59. The van der Waals surface area contributed by atoms with Gasteiger partial charge in [-0.05, 0) is 48.9 Å². The maximum atomic E-state index is 13.0. The Morgan fingerprint density at radius 3 is 2.76 bits per heavy atom. The Kier molecular flexibility index (Phi) is 5.14. The number of carbonyl (C=O) groups is 1. The van der Waals surface area contributed by atoms with Crippen molar-refractivity contribution >= 4 is 23.2 Å². The fourth-order valence-corrected chi connectivity index (χ4v) is 2.52. The number of aromatic nitrogens is 1. The highest BCUT2D eigenvalue weighted by Gasteiger charge is 2.11. The molecule has 3 aromatic rings.